The lowest BCUT2D eigenvalue weighted by Gasteiger charge is -2.27. The normalized spacial score (nSPS) is 15.6. The molecule has 11 heteroatoms. The van der Waals surface area contributed by atoms with Crippen molar-refractivity contribution in [3.63, 3.8) is 0 Å². The molecular formula is C24H23FN4O4S2. The van der Waals surface area contributed by atoms with Crippen LogP contribution in [0.2, 0.25) is 0 Å². The van der Waals surface area contributed by atoms with Gasteiger partial charge in [-0.25, -0.2) is 14.4 Å². The summed E-state index contributed by atoms with van der Waals surface area (Å²) in [7, 11) is 3.16. The lowest BCUT2D eigenvalue weighted by Crippen LogP contribution is -2.23. The summed E-state index contributed by atoms with van der Waals surface area (Å²) in [4.78, 5) is 9.67. The number of halogens is 1. The van der Waals surface area contributed by atoms with Crippen molar-refractivity contribution in [2.75, 3.05) is 14.2 Å². The third-order valence-corrected chi connectivity index (χ3v) is 8.21. The Kier molecular flexibility index (Phi) is 5.60. The molecule has 5 aromatic rings. The first-order valence-corrected chi connectivity index (χ1v) is 13.0. The minimum absolute atomic E-state index is 0.218. The summed E-state index contributed by atoms with van der Waals surface area (Å²) < 4.78 is 40.0. The topological polar surface area (TPSA) is 83.9 Å². The number of alkyl halides is 1. The molecular weight excluding hydrogens is 491 g/mol. The standard InChI is InChI=1S/C24H23FN4O4S2/c1-30-15-8-18(32-12-14-13-34-21(27-14)24(25)6-4-3-5-7-24)16-10-20(33-19(16)9-15)17-11-26-22-29(17)28-23(31-2)35-22/h8-11,13H,3-7,12H2,1-2H3. The van der Waals surface area contributed by atoms with Crippen LogP contribution < -0.4 is 14.2 Å². The zero-order valence-electron chi connectivity index (χ0n) is 19.2. The van der Waals surface area contributed by atoms with Crippen LogP contribution in [-0.4, -0.2) is 33.8 Å². The van der Waals surface area contributed by atoms with Crippen LogP contribution in [0.25, 0.3) is 27.4 Å². The van der Waals surface area contributed by atoms with Gasteiger partial charge in [0.1, 0.15) is 34.4 Å². The van der Waals surface area contributed by atoms with Gasteiger partial charge in [-0.3, -0.25) is 0 Å². The van der Waals surface area contributed by atoms with Crippen molar-refractivity contribution >= 4 is 38.6 Å². The summed E-state index contributed by atoms with van der Waals surface area (Å²) in [6.45, 7) is 0.218. The minimum Gasteiger partial charge on any atom is -0.496 e. The highest BCUT2D eigenvalue weighted by atomic mass is 32.1. The van der Waals surface area contributed by atoms with Gasteiger partial charge in [0.05, 0.1) is 31.5 Å². The molecule has 8 nitrogen and oxygen atoms in total. The Morgan fingerprint density at radius 2 is 2.00 bits per heavy atom. The number of hydrogen-bond acceptors (Lipinski definition) is 9. The predicted molar refractivity (Wildman–Crippen MR) is 131 cm³/mol. The molecule has 1 aromatic carbocycles. The molecule has 1 saturated carbocycles. The fraction of sp³-hybridized carbons (Fsp3) is 0.375. The first-order valence-electron chi connectivity index (χ1n) is 11.3. The number of nitrogens with zero attached hydrogens (tertiary/aromatic N) is 4. The molecule has 0 radical (unpaired) electrons. The number of rotatable bonds is 7. The van der Waals surface area contributed by atoms with E-state index < -0.39 is 5.67 Å². The van der Waals surface area contributed by atoms with Crippen LogP contribution in [0.4, 0.5) is 4.39 Å². The highest BCUT2D eigenvalue weighted by Gasteiger charge is 2.36. The number of fused-ring (bicyclic) bond motifs is 2. The quantitative estimate of drug-likeness (QED) is 0.249. The number of hydrogen-bond donors (Lipinski definition) is 0. The van der Waals surface area contributed by atoms with Crippen LogP contribution in [0, 0.1) is 0 Å². The highest BCUT2D eigenvalue weighted by molar-refractivity contribution is 7.18. The lowest BCUT2D eigenvalue weighted by atomic mass is 9.87. The maximum absolute atomic E-state index is 15.3. The number of thiazole rings is 1. The second-order valence-corrected chi connectivity index (χ2v) is 10.3. The van der Waals surface area contributed by atoms with Crippen LogP contribution in [0.1, 0.15) is 42.8 Å². The Bertz CT molecular complexity index is 1500. The number of benzene rings is 1. The molecule has 0 unspecified atom stereocenters. The summed E-state index contributed by atoms with van der Waals surface area (Å²) >= 11 is 2.72. The monoisotopic (exact) mass is 514 g/mol. The first kappa shape index (κ1) is 22.3. The molecule has 0 amide bonds. The van der Waals surface area contributed by atoms with E-state index in [1.54, 1.807) is 24.9 Å². The molecule has 4 aromatic heterocycles. The van der Waals surface area contributed by atoms with Gasteiger partial charge in [0.2, 0.25) is 4.96 Å². The summed E-state index contributed by atoms with van der Waals surface area (Å²) in [5.41, 5.74) is 0.707. The van der Waals surface area contributed by atoms with Crippen molar-refractivity contribution in [3.8, 4) is 28.1 Å². The molecule has 1 aliphatic carbocycles. The molecule has 0 spiro atoms. The van der Waals surface area contributed by atoms with E-state index in [-0.39, 0.29) is 6.61 Å². The highest BCUT2D eigenvalue weighted by Crippen LogP contribution is 2.42. The van der Waals surface area contributed by atoms with Crippen molar-refractivity contribution in [1.82, 2.24) is 19.6 Å². The Morgan fingerprint density at radius 3 is 2.80 bits per heavy atom. The van der Waals surface area contributed by atoms with Crippen LogP contribution in [-0.2, 0) is 12.3 Å². The van der Waals surface area contributed by atoms with E-state index in [2.05, 4.69) is 15.1 Å². The van der Waals surface area contributed by atoms with Crippen molar-refractivity contribution < 1.29 is 23.0 Å². The summed E-state index contributed by atoms with van der Waals surface area (Å²) in [6.07, 6.45) is 5.70. The van der Waals surface area contributed by atoms with Gasteiger partial charge in [0.15, 0.2) is 11.4 Å². The molecule has 0 aliphatic heterocycles. The second kappa shape index (κ2) is 8.80. The predicted octanol–water partition coefficient (Wildman–Crippen LogP) is 6.39. The molecule has 0 saturated heterocycles. The van der Waals surface area contributed by atoms with Crippen molar-refractivity contribution in [1.29, 1.82) is 0 Å². The summed E-state index contributed by atoms with van der Waals surface area (Å²) in [5, 5.41) is 8.14. The number of methoxy groups -OCH3 is 2. The lowest BCUT2D eigenvalue weighted by molar-refractivity contribution is 0.105. The minimum atomic E-state index is -1.31. The SMILES string of the molecule is COc1cc(OCc2csc(C3(F)CCCCC3)n2)c2cc(-c3cnc4sc(OC)nn34)oc2c1. The molecule has 4 heterocycles. The Labute approximate surface area is 208 Å². The first-order chi connectivity index (χ1) is 17.1. The van der Waals surface area contributed by atoms with Gasteiger partial charge in [0.25, 0.3) is 5.19 Å². The van der Waals surface area contributed by atoms with E-state index in [9.17, 15) is 0 Å². The van der Waals surface area contributed by atoms with E-state index in [0.29, 0.717) is 62.2 Å². The van der Waals surface area contributed by atoms with Gasteiger partial charge in [-0.2, -0.15) is 4.52 Å². The molecule has 182 valence electrons. The average molecular weight is 515 g/mol. The zero-order valence-corrected chi connectivity index (χ0v) is 20.9. The van der Waals surface area contributed by atoms with E-state index in [1.165, 1.54) is 22.7 Å². The fourth-order valence-corrected chi connectivity index (χ4v) is 6.08. The number of furan rings is 1. The van der Waals surface area contributed by atoms with Crippen LogP contribution in [0.15, 0.2) is 34.2 Å². The smallest absolute Gasteiger partial charge is 0.294 e. The van der Waals surface area contributed by atoms with Gasteiger partial charge in [-0.1, -0.05) is 6.42 Å². The van der Waals surface area contributed by atoms with Crippen molar-refractivity contribution in [2.45, 2.75) is 44.4 Å². The van der Waals surface area contributed by atoms with Crippen molar-refractivity contribution in [2.24, 2.45) is 0 Å². The van der Waals surface area contributed by atoms with E-state index in [1.807, 2.05) is 23.6 Å². The zero-order chi connectivity index (χ0) is 24.0. The van der Waals surface area contributed by atoms with Gasteiger partial charge in [-0.15, -0.1) is 16.4 Å². The molecule has 0 atom stereocenters. The van der Waals surface area contributed by atoms with Gasteiger partial charge >= 0.3 is 0 Å². The van der Waals surface area contributed by atoms with Gasteiger partial charge < -0.3 is 18.6 Å². The largest absolute Gasteiger partial charge is 0.496 e. The summed E-state index contributed by atoms with van der Waals surface area (Å²) in [6, 6.07) is 5.51. The molecule has 0 N–H and O–H groups in total. The maximum Gasteiger partial charge on any atom is 0.294 e. The number of ether oxygens (including phenoxy) is 3. The Balaban J connectivity index is 1.30. The summed E-state index contributed by atoms with van der Waals surface area (Å²) in [5.74, 6) is 1.78. The van der Waals surface area contributed by atoms with E-state index in [4.69, 9.17) is 18.6 Å². The fourth-order valence-electron chi connectivity index (χ4n) is 4.43. The van der Waals surface area contributed by atoms with E-state index >= 15 is 4.39 Å². The molecule has 1 fully saturated rings. The van der Waals surface area contributed by atoms with Crippen molar-refractivity contribution in [3.05, 3.63) is 40.5 Å². The van der Waals surface area contributed by atoms with E-state index in [0.717, 1.165) is 24.6 Å². The third-order valence-electron chi connectivity index (χ3n) is 6.26. The maximum atomic E-state index is 15.3. The number of aromatic nitrogens is 4. The Hall–Kier alpha value is -3.18. The molecule has 6 rings (SSSR count). The second-order valence-electron chi connectivity index (χ2n) is 8.52. The van der Waals surface area contributed by atoms with Crippen LogP contribution >= 0.6 is 22.7 Å². The number of imidazole rings is 1. The molecule has 0 bridgehead atoms. The van der Waals surface area contributed by atoms with Gasteiger partial charge in [0, 0.05) is 17.5 Å². The molecule has 35 heavy (non-hydrogen) atoms. The van der Waals surface area contributed by atoms with Crippen LogP contribution in [0.5, 0.6) is 16.7 Å². The van der Waals surface area contributed by atoms with Crippen LogP contribution in [0.3, 0.4) is 0 Å². The molecule has 1 aliphatic rings. The Morgan fingerprint density at radius 1 is 1.14 bits per heavy atom. The average Bonchev–Trinajstić information content (AvgIpc) is 3.65. The van der Waals surface area contributed by atoms with Gasteiger partial charge in [-0.05, 0) is 43.1 Å². The third kappa shape index (κ3) is 4.02.